The average Bonchev–Trinajstić information content (AvgIpc) is 1.83. The third kappa shape index (κ3) is 1.27. The summed E-state index contributed by atoms with van der Waals surface area (Å²) in [6.07, 6.45) is 1.56. The van der Waals surface area contributed by atoms with Gasteiger partial charge in [0.2, 0.25) is 0 Å². The predicted octanol–water partition coefficient (Wildman–Crippen LogP) is 2.29. The Morgan fingerprint density at radius 3 is 2.78 bits per heavy atom. The highest BCUT2D eigenvalue weighted by Gasteiger charge is 2.00. The highest BCUT2D eigenvalue weighted by atomic mass is 79.9. The van der Waals surface area contributed by atoms with Crippen molar-refractivity contribution in [3.05, 3.63) is 28.2 Å². The van der Waals surface area contributed by atoms with Crippen molar-refractivity contribution in [1.29, 1.82) is 0 Å². The van der Waals surface area contributed by atoms with Gasteiger partial charge in [-0.1, -0.05) is 0 Å². The standard InChI is InChI=1S/C6H5BrFN/c1-4-2-3-9-6(7)5(4)8/h2-3H,1H3. The van der Waals surface area contributed by atoms with E-state index in [4.69, 9.17) is 0 Å². The molecule has 0 saturated carbocycles. The molecule has 1 rings (SSSR count). The van der Waals surface area contributed by atoms with Crippen LogP contribution in [0.3, 0.4) is 0 Å². The van der Waals surface area contributed by atoms with Crippen LogP contribution >= 0.6 is 15.9 Å². The number of pyridine rings is 1. The van der Waals surface area contributed by atoms with Gasteiger partial charge in [0.1, 0.15) is 4.60 Å². The van der Waals surface area contributed by atoms with Crippen molar-refractivity contribution in [2.75, 3.05) is 0 Å². The van der Waals surface area contributed by atoms with Gasteiger partial charge in [0, 0.05) is 6.20 Å². The van der Waals surface area contributed by atoms with Gasteiger partial charge < -0.3 is 0 Å². The topological polar surface area (TPSA) is 12.9 Å². The molecule has 0 aromatic carbocycles. The predicted molar refractivity (Wildman–Crippen MR) is 36.6 cm³/mol. The van der Waals surface area contributed by atoms with E-state index in [2.05, 4.69) is 20.9 Å². The van der Waals surface area contributed by atoms with E-state index in [9.17, 15) is 4.39 Å². The Labute approximate surface area is 61.0 Å². The molecule has 0 spiro atoms. The lowest BCUT2D eigenvalue weighted by molar-refractivity contribution is 0.603. The maximum absolute atomic E-state index is 12.6. The van der Waals surface area contributed by atoms with Crippen LogP contribution in [0.5, 0.6) is 0 Å². The molecule has 0 atom stereocenters. The van der Waals surface area contributed by atoms with Gasteiger partial charge in [-0.3, -0.25) is 0 Å². The molecule has 0 radical (unpaired) electrons. The zero-order valence-corrected chi connectivity index (χ0v) is 6.44. The van der Waals surface area contributed by atoms with Gasteiger partial charge in [-0.25, -0.2) is 9.37 Å². The summed E-state index contributed by atoms with van der Waals surface area (Å²) in [6.45, 7) is 1.70. The Bertz CT molecular complexity index is 204. The van der Waals surface area contributed by atoms with Crippen molar-refractivity contribution in [3.63, 3.8) is 0 Å². The number of aromatic nitrogens is 1. The van der Waals surface area contributed by atoms with Gasteiger partial charge in [0.05, 0.1) is 0 Å². The minimum Gasteiger partial charge on any atom is -0.246 e. The zero-order chi connectivity index (χ0) is 6.85. The first kappa shape index (κ1) is 6.68. The van der Waals surface area contributed by atoms with E-state index in [0.29, 0.717) is 5.56 Å². The van der Waals surface area contributed by atoms with Gasteiger partial charge in [-0.2, -0.15) is 0 Å². The second kappa shape index (κ2) is 2.43. The largest absolute Gasteiger partial charge is 0.246 e. The van der Waals surface area contributed by atoms with Crippen LogP contribution < -0.4 is 0 Å². The summed E-state index contributed by atoms with van der Waals surface area (Å²) in [4.78, 5) is 3.68. The van der Waals surface area contributed by atoms with Crippen LogP contribution in [0, 0.1) is 12.7 Å². The Hall–Kier alpha value is -0.440. The van der Waals surface area contributed by atoms with Crippen LogP contribution in [-0.4, -0.2) is 4.98 Å². The smallest absolute Gasteiger partial charge is 0.158 e. The van der Waals surface area contributed by atoms with Crippen LogP contribution in [0.1, 0.15) is 5.56 Å². The lowest BCUT2D eigenvalue weighted by atomic mass is 10.3. The van der Waals surface area contributed by atoms with Crippen molar-refractivity contribution in [3.8, 4) is 0 Å². The molecule has 3 heteroatoms. The van der Waals surface area contributed by atoms with E-state index in [0.717, 1.165) is 0 Å². The van der Waals surface area contributed by atoms with Gasteiger partial charge in [0.15, 0.2) is 5.82 Å². The molecule has 0 saturated heterocycles. The lowest BCUT2D eigenvalue weighted by Gasteiger charge is -1.94. The summed E-state index contributed by atoms with van der Waals surface area (Å²) >= 11 is 2.96. The number of hydrogen-bond acceptors (Lipinski definition) is 1. The molecule has 0 fully saturated rings. The molecule has 0 N–H and O–H groups in total. The van der Waals surface area contributed by atoms with Gasteiger partial charge >= 0.3 is 0 Å². The van der Waals surface area contributed by atoms with Crippen molar-refractivity contribution in [2.24, 2.45) is 0 Å². The van der Waals surface area contributed by atoms with Crippen LogP contribution in [0.2, 0.25) is 0 Å². The molecule has 9 heavy (non-hydrogen) atoms. The van der Waals surface area contributed by atoms with Crippen molar-refractivity contribution >= 4 is 15.9 Å². The third-order valence-electron chi connectivity index (χ3n) is 1.04. The minimum atomic E-state index is -0.280. The van der Waals surface area contributed by atoms with Crippen LogP contribution in [-0.2, 0) is 0 Å². The Kier molecular flexibility index (Phi) is 1.81. The van der Waals surface area contributed by atoms with Gasteiger partial charge in [-0.05, 0) is 34.5 Å². The van der Waals surface area contributed by atoms with E-state index in [-0.39, 0.29) is 10.4 Å². The number of rotatable bonds is 0. The van der Waals surface area contributed by atoms with E-state index >= 15 is 0 Å². The molecule has 0 bridgehead atoms. The summed E-state index contributed by atoms with van der Waals surface area (Å²) in [5, 5.41) is 0. The maximum Gasteiger partial charge on any atom is 0.158 e. The summed E-state index contributed by atoms with van der Waals surface area (Å²) in [5.74, 6) is -0.280. The summed E-state index contributed by atoms with van der Waals surface area (Å²) < 4.78 is 12.9. The monoisotopic (exact) mass is 189 g/mol. The Balaban J connectivity index is 3.25. The first-order valence-electron chi connectivity index (χ1n) is 2.48. The van der Waals surface area contributed by atoms with Crippen molar-refractivity contribution in [2.45, 2.75) is 6.92 Å². The van der Waals surface area contributed by atoms with Crippen molar-refractivity contribution < 1.29 is 4.39 Å². The van der Waals surface area contributed by atoms with Crippen LogP contribution in [0.4, 0.5) is 4.39 Å². The normalized spacial score (nSPS) is 9.67. The minimum absolute atomic E-state index is 0.280. The molecule has 0 unspecified atom stereocenters. The molecule has 1 aromatic rings. The first-order chi connectivity index (χ1) is 4.22. The molecule has 0 aliphatic rings. The molecule has 1 aromatic heterocycles. The summed E-state index contributed by atoms with van der Waals surface area (Å²) in [5.41, 5.74) is 0.608. The molecule has 0 aliphatic carbocycles. The zero-order valence-electron chi connectivity index (χ0n) is 4.86. The molecule has 0 amide bonds. The Morgan fingerprint density at radius 2 is 2.33 bits per heavy atom. The van der Waals surface area contributed by atoms with E-state index < -0.39 is 0 Å². The molecular formula is C6H5BrFN. The fraction of sp³-hybridized carbons (Fsp3) is 0.167. The number of hydrogen-bond donors (Lipinski definition) is 0. The van der Waals surface area contributed by atoms with Crippen LogP contribution in [0.15, 0.2) is 16.9 Å². The maximum atomic E-state index is 12.6. The van der Waals surface area contributed by atoms with Crippen molar-refractivity contribution in [1.82, 2.24) is 4.98 Å². The number of halogens is 2. The second-order valence-electron chi connectivity index (χ2n) is 1.73. The first-order valence-corrected chi connectivity index (χ1v) is 3.27. The van der Waals surface area contributed by atoms with E-state index in [1.54, 1.807) is 19.2 Å². The third-order valence-corrected chi connectivity index (χ3v) is 1.59. The summed E-state index contributed by atoms with van der Waals surface area (Å²) in [7, 11) is 0. The number of aryl methyl sites for hydroxylation is 1. The van der Waals surface area contributed by atoms with E-state index in [1.165, 1.54) is 0 Å². The lowest BCUT2D eigenvalue weighted by Crippen LogP contribution is -1.85. The highest BCUT2D eigenvalue weighted by Crippen LogP contribution is 2.13. The molecule has 1 nitrogen and oxygen atoms in total. The summed E-state index contributed by atoms with van der Waals surface area (Å²) in [6, 6.07) is 1.63. The second-order valence-corrected chi connectivity index (χ2v) is 2.48. The molecule has 48 valence electrons. The fourth-order valence-corrected chi connectivity index (χ4v) is 0.938. The van der Waals surface area contributed by atoms with E-state index in [1.807, 2.05) is 0 Å². The average molecular weight is 190 g/mol. The molecule has 0 aliphatic heterocycles. The fourth-order valence-electron chi connectivity index (χ4n) is 0.507. The molecular weight excluding hydrogens is 185 g/mol. The highest BCUT2D eigenvalue weighted by molar-refractivity contribution is 9.10. The SMILES string of the molecule is Cc1ccnc(Br)c1F. The Morgan fingerprint density at radius 1 is 1.67 bits per heavy atom. The van der Waals surface area contributed by atoms with Crippen LogP contribution in [0.25, 0.3) is 0 Å². The quantitative estimate of drug-likeness (QED) is 0.572. The number of nitrogens with zero attached hydrogens (tertiary/aromatic N) is 1. The van der Waals surface area contributed by atoms with Gasteiger partial charge in [0.25, 0.3) is 0 Å². The van der Waals surface area contributed by atoms with Gasteiger partial charge in [-0.15, -0.1) is 0 Å². The molecule has 1 heterocycles.